The predicted octanol–water partition coefficient (Wildman–Crippen LogP) is 3.61. The van der Waals surface area contributed by atoms with E-state index in [1.54, 1.807) is 48.1 Å². The molecule has 1 aliphatic rings. The summed E-state index contributed by atoms with van der Waals surface area (Å²) in [4.78, 5) is 12.7. The van der Waals surface area contributed by atoms with Gasteiger partial charge in [-0.05, 0) is 55.3 Å². The molecule has 156 valence electrons. The second-order valence-electron chi connectivity index (χ2n) is 6.74. The molecule has 0 unspecified atom stereocenters. The number of aromatic nitrogens is 3. The van der Waals surface area contributed by atoms with Crippen LogP contribution in [0.1, 0.15) is 22.8 Å². The number of halogens is 1. The zero-order chi connectivity index (χ0) is 21.3. The highest BCUT2D eigenvalue weighted by atomic mass is 35.5. The first-order chi connectivity index (χ1) is 14.4. The minimum Gasteiger partial charge on any atom is -0.293 e. The van der Waals surface area contributed by atoms with E-state index in [0.717, 1.165) is 11.3 Å². The number of thioether (sulfide) groups is 1. The van der Waals surface area contributed by atoms with Gasteiger partial charge in [-0.25, -0.2) is 8.42 Å². The van der Waals surface area contributed by atoms with Gasteiger partial charge in [-0.15, -0.1) is 10.2 Å². The number of anilines is 1. The van der Waals surface area contributed by atoms with Gasteiger partial charge < -0.3 is 0 Å². The maximum absolute atomic E-state index is 12.7. The van der Waals surface area contributed by atoms with Crippen molar-refractivity contribution in [3.05, 3.63) is 64.9 Å². The molecule has 7 nitrogen and oxygen atoms in total. The van der Waals surface area contributed by atoms with E-state index in [1.807, 2.05) is 12.1 Å². The fraction of sp³-hybridized carbons (Fsp3) is 0.250. The number of carbonyl (C=O) groups is 1. The number of hydrogen-bond donors (Lipinski definition) is 0. The van der Waals surface area contributed by atoms with Crippen molar-refractivity contribution >= 4 is 44.9 Å². The Morgan fingerprint density at radius 3 is 2.83 bits per heavy atom. The molecule has 0 spiro atoms. The Labute approximate surface area is 184 Å². The van der Waals surface area contributed by atoms with Crippen molar-refractivity contribution in [1.82, 2.24) is 14.8 Å². The van der Waals surface area contributed by atoms with Crippen molar-refractivity contribution in [3.63, 3.8) is 0 Å². The molecule has 10 heteroatoms. The summed E-state index contributed by atoms with van der Waals surface area (Å²) in [6.07, 6.45) is 2.18. The second-order valence-corrected chi connectivity index (χ2v) is 10.3. The van der Waals surface area contributed by atoms with Crippen molar-refractivity contribution in [2.75, 3.05) is 22.4 Å². The van der Waals surface area contributed by atoms with E-state index in [0.29, 0.717) is 34.4 Å². The summed E-state index contributed by atoms with van der Waals surface area (Å²) >= 11 is 7.35. The number of fused-ring (bicyclic) bond motifs is 1. The second kappa shape index (κ2) is 8.41. The van der Waals surface area contributed by atoms with E-state index in [-0.39, 0.29) is 17.3 Å². The summed E-state index contributed by atoms with van der Waals surface area (Å²) in [5, 5.41) is 9.23. The van der Waals surface area contributed by atoms with Gasteiger partial charge in [0.2, 0.25) is 10.0 Å². The van der Waals surface area contributed by atoms with Crippen LogP contribution in [0.25, 0.3) is 5.69 Å². The van der Waals surface area contributed by atoms with Crippen molar-refractivity contribution < 1.29 is 13.2 Å². The number of nitrogens with zero attached hydrogens (tertiary/aromatic N) is 4. The smallest absolute Gasteiger partial charge is 0.234 e. The summed E-state index contributed by atoms with van der Waals surface area (Å²) in [5.41, 5.74) is 2.93. The Morgan fingerprint density at radius 2 is 2.07 bits per heavy atom. The van der Waals surface area contributed by atoms with Crippen molar-refractivity contribution in [1.29, 1.82) is 0 Å². The van der Waals surface area contributed by atoms with Crippen LogP contribution in [-0.4, -0.2) is 47.0 Å². The number of hydrogen-bond acceptors (Lipinski definition) is 6. The summed E-state index contributed by atoms with van der Waals surface area (Å²) in [5.74, 6) is 0.187. The summed E-state index contributed by atoms with van der Waals surface area (Å²) < 4.78 is 27.6. The van der Waals surface area contributed by atoms with Crippen molar-refractivity contribution in [3.8, 4) is 5.69 Å². The Morgan fingerprint density at radius 1 is 1.23 bits per heavy atom. The summed E-state index contributed by atoms with van der Waals surface area (Å²) in [6.45, 7) is 2.05. The van der Waals surface area contributed by atoms with E-state index in [1.165, 1.54) is 16.1 Å². The van der Waals surface area contributed by atoms with E-state index in [2.05, 4.69) is 10.2 Å². The molecule has 0 bridgehead atoms. The van der Waals surface area contributed by atoms with Crippen LogP contribution in [0, 0.1) is 0 Å². The fourth-order valence-corrected chi connectivity index (χ4v) is 5.50. The normalized spacial score (nSPS) is 13.5. The molecule has 1 aromatic heterocycles. The van der Waals surface area contributed by atoms with Crippen LogP contribution in [-0.2, 0) is 16.4 Å². The average molecular weight is 463 g/mol. The molecule has 0 fully saturated rings. The topological polar surface area (TPSA) is 85.2 Å². The van der Waals surface area contributed by atoms with Gasteiger partial charge in [0, 0.05) is 17.1 Å². The molecule has 0 radical (unpaired) electrons. The summed E-state index contributed by atoms with van der Waals surface area (Å²) in [7, 11) is -3.30. The third-order valence-corrected chi connectivity index (χ3v) is 7.85. The van der Waals surface area contributed by atoms with E-state index >= 15 is 0 Å². The Bertz CT molecular complexity index is 1210. The quantitative estimate of drug-likeness (QED) is 0.394. The third kappa shape index (κ3) is 4.10. The predicted molar refractivity (Wildman–Crippen MR) is 118 cm³/mol. The fourth-order valence-electron chi connectivity index (χ4n) is 3.33. The van der Waals surface area contributed by atoms with Gasteiger partial charge in [0.25, 0.3) is 0 Å². The molecular weight excluding hydrogens is 444 g/mol. The van der Waals surface area contributed by atoms with Gasteiger partial charge in [-0.2, -0.15) is 0 Å². The number of benzene rings is 2. The standard InChI is InChI=1S/C20H19ClN4O3S2/c1-2-30(27,28)25-9-8-14-10-15(6-7-18(14)25)19(26)12-29-20-23-22-13-24(20)17-5-3-4-16(21)11-17/h3-7,10-11,13H,2,8-9,12H2,1H3. The largest absolute Gasteiger partial charge is 0.293 e. The van der Waals surface area contributed by atoms with E-state index in [4.69, 9.17) is 11.6 Å². The van der Waals surface area contributed by atoms with Gasteiger partial charge in [-0.3, -0.25) is 13.7 Å². The molecule has 30 heavy (non-hydrogen) atoms. The number of Topliss-reactive ketones (excluding diaryl/α,β-unsaturated/α-hetero) is 1. The zero-order valence-electron chi connectivity index (χ0n) is 16.2. The van der Waals surface area contributed by atoms with Gasteiger partial charge in [-0.1, -0.05) is 29.4 Å². The highest BCUT2D eigenvalue weighted by Gasteiger charge is 2.28. The third-order valence-electron chi connectivity index (χ3n) is 4.89. The maximum atomic E-state index is 12.7. The molecule has 3 aromatic rings. The first-order valence-corrected chi connectivity index (χ1v) is 12.3. The molecule has 2 heterocycles. The lowest BCUT2D eigenvalue weighted by atomic mass is 10.1. The molecule has 1 aliphatic heterocycles. The van der Waals surface area contributed by atoms with Gasteiger partial charge in [0.1, 0.15) is 6.33 Å². The molecule has 0 N–H and O–H groups in total. The number of ketones is 1. The van der Waals surface area contributed by atoms with E-state index < -0.39 is 10.0 Å². The molecule has 2 aromatic carbocycles. The first-order valence-electron chi connectivity index (χ1n) is 9.34. The van der Waals surface area contributed by atoms with Crippen molar-refractivity contribution in [2.45, 2.75) is 18.5 Å². The highest BCUT2D eigenvalue weighted by Crippen LogP contribution is 2.32. The molecule has 0 aliphatic carbocycles. The monoisotopic (exact) mass is 462 g/mol. The van der Waals surface area contributed by atoms with Crippen LogP contribution in [0.5, 0.6) is 0 Å². The minimum absolute atomic E-state index is 0.0526. The lowest BCUT2D eigenvalue weighted by Gasteiger charge is -2.18. The zero-order valence-corrected chi connectivity index (χ0v) is 18.5. The van der Waals surface area contributed by atoms with Crippen LogP contribution >= 0.6 is 23.4 Å². The lowest BCUT2D eigenvalue weighted by Crippen LogP contribution is -2.30. The Hall–Kier alpha value is -2.36. The lowest BCUT2D eigenvalue weighted by molar-refractivity contribution is 0.102. The molecule has 0 atom stereocenters. The van der Waals surface area contributed by atoms with Crippen LogP contribution in [0.3, 0.4) is 0 Å². The Kier molecular flexibility index (Phi) is 5.86. The Balaban J connectivity index is 1.48. The van der Waals surface area contributed by atoms with Crippen LogP contribution < -0.4 is 4.31 Å². The average Bonchev–Trinajstić information content (AvgIpc) is 3.38. The molecule has 0 saturated carbocycles. The maximum Gasteiger partial charge on any atom is 0.234 e. The summed E-state index contributed by atoms with van der Waals surface area (Å²) in [6, 6.07) is 12.5. The van der Waals surface area contributed by atoms with Gasteiger partial charge >= 0.3 is 0 Å². The number of rotatable bonds is 7. The van der Waals surface area contributed by atoms with Crippen LogP contribution in [0.2, 0.25) is 5.02 Å². The SMILES string of the molecule is CCS(=O)(=O)N1CCc2cc(C(=O)CSc3nncn3-c3cccc(Cl)c3)ccc21. The molecular formula is C20H19ClN4O3S2. The minimum atomic E-state index is -3.30. The van der Waals surface area contributed by atoms with Crippen LogP contribution in [0.15, 0.2) is 53.9 Å². The number of carbonyl (C=O) groups excluding carboxylic acids is 1. The van der Waals surface area contributed by atoms with Gasteiger partial charge in [0.05, 0.1) is 22.9 Å². The first kappa shape index (κ1) is 20.9. The van der Waals surface area contributed by atoms with E-state index in [9.17, 15) is 13.2 Å². The molecule has 4 rings (SSSR count). The molecule has 0 saturated heterocycles. The highest BCUT2D eigenvalue weighted by molar-refractivity contribution is 7.99. The van der Waals surface area contributed by atoms with Crippen LogP contribution in [0.4, 0.5) is 5.69 Å². The van der Waals surface area contributed by atoms with Gasteiger partial charge in [0.15, 0.2) is 10.9 Å². The van der Waals surface area contributed by atoms with Crippen molar-refractivity contribution in [2.24, 2.45) is 0 Å². The molecule has 0 amide bonds. The number of sulfonamides is 1.